The number of ether oxygens (including phenoxy) is 2. The Labute approximate surface area is 208 Å². The van der Waals surface area contributed by atoms with Crippen molar-refractivity contribution < 1.29 is 23.5 Å². The molecule has 0 saturated carbocycles. The van der Waals surface area contributed by atoms with E-state index in [4.69, 9.17) is 13.9 Å². The van der Waals surface area contributed by atoms with E-state index in [9.17, 15) is 14.4 Å². The van der Waals surface area contributed by atoms with Gasteiger partial charge in [0.2, 0.25) is 11.8 Å². The van der Waals surface area contributed by atoms with Gasteiger partial charge in [0.05, 0.1) is 20.1 Å². The molecule has 2 fully saturated rings. The molecule has 0 spiro atoms. The maximum Gasteiger partial charge on any atom is 0.336 e. The fraction of sp³-hybridized carbons (Fsp3) is 0.370. The number of carbonyl (C=O) groups excluding carboxylic acids is 2. The smallest absolute Gasteiger partial charge is 0.336 e. The number of hydrogen-bond donors (Lipinski definition) is 0. The van der Waals surface area contributed by atoms with Crippen LogP contribution in [0.1, 0.15) is 12.0 Å². The van der Waals surface area contributed by atoms with Gasteiger partial charge in [-0.3, -0.25) is 14.5 Å². The Morgan fingerprint density at radius 2 is 1.64 bits per heavy atom. The molecule has 2 amide bonds. The van der Waals surface area contributed by atoms with Gasteiger partial charge in [-0.05, 0) is 48.0 Å². The van der Waals surface area contributed by atoms with Crippen molar-refractivity contribution in [1.29, 1.82) is 0 Å². The monoisotopic (exact) mass is 491 g/mol. The first kappa shape index (κ1) is 23.9. The maximum atomic E-state index is 13.2. The van der Waals surface area contributed by atoms with Gasteiger partial charge < -0.3 is 23.7 Å². The third kappa shape index (κ3) is 4.79. The van der Waals surface area contributed by atoms with Crippen molar-refractivity contribution in [3.8, 4) is 11.5 Å². The van der Waals surface area contributed by atoms with Gasteiger partial charge in [-0.2, -0.15) is 0 Å². The van der Waals surface area contributed by atoms with Gasteiger partial charge in [0.15, 0.2) is 0 Å². The number of carbonyl (C=O) groups is 2. The fourth-order valence-electron chi connectivity index (χ4n) is 4.97. The lowest BCUT2D eigenvalue weighted by Crippen LogP contribution is -2.50. The number of rotatable bonds is 6. The highest BCUT2D eigenvalue weighted by atomic mass is 16.5. The van der Waals surface area contributed by atoms with Gasteiger partial charge in [0, 0.05) is 62.8 Å². The van der Waals surface area contributed by atoms with Crippen LogP contribution in [0.15, 0.2) is 57.7 Å². The van der Waals surface area contributed by atoms with Crippen LogP contribution in [-0.4, -0.2) is 68.6 Å². The van der Waals surface area contributed by atoms with Crippen molar-refractivity contribution >= 4 is 28.5 Å². The fourth-order valence-corrected chi connectivity index (χ4v) is 4.97. The van der Waals surface area contributed by atoms with Crippen LogP contribution in [0.4, 0.5) is 5.69 Å². The molecule has 3 aromatic rings. The first-order valence-corrected chi connectivity index (χ1v) is 12.0. The predicted octanol–water partition coefficient (Wildman–Crippen LogP) is 2.51. The van der Waals surface area contributed by atoms with Crippen LogP contribution in [-0.2, 0) is 16.1 Å². The summed E-state index contributed by atoms with van der Waals surface area (Å²) in [5.41, 5.74) is 1.79. The summed E-state index contributed by atoms with van der Waals surface area (Å²) in [6.45, 7) is 3.48. The van der Waals surface area contributed by atoms with Gasteiger partial charge in [0.1, 0.15) is 17.1 Å². The molecule has 3 heterocycles. The van der Waals surface area contributed by atoms with E-state index >= 15 is 0 Å². The average molecular weight is 492 g/mol. The van der Waals surface area contributed by atoms with Crippen molar-refractivity contribution in [3.63, 3.8) is 0 Å². The van der Waals surface area contributed by atoms with E-state index in [0.717, 1.165) is 22.4 Å². The summed E-state index contributed by atoms with van der Waals surface area (Å²) in [5.74, 6) is 1.06. The van der Waals surface area contributed by atoms with Crippen molar-refractivity contribution in [1.82, 2.24) is 9.80 Å². The lowest BCUT2D eigenvalue weighted by molar-refractivity contribution is -0.137. The Morgan fingerprint density at radius 3 is 2.33 bits per heavy atom. The number of nitrogens with zero attached hydrogens (tertiary/aromatic N) is 3. The normalized spacial score (nSPS) is 18.6. The molecule has 0 unspecified atom stereocenters. The Balaban J connectivity index is 1.21. The second-order valence-corrected chi connectivity index (χ2v) is 9.16. The molecule has 2 saturated heterocycles. The van der Waals surface area contributed by atoms with Gasteiger partial charge in [-0.25, -0.2) is 4.79 Å². The molecule has 2 aliphatic rings. The molecular weight excluding hydrogens is 462 g/mol. The number of amides is 2. The summed E-state index contributed by atoms with van der Waals surface area (Å²) in [6, 6.07) is 14.2. The molecule has 5 rings (SSSR count). The summed E-state index contributed by atoms with van der Waals surface area (Å²) in [4.78, 5) is 43.7. The van der Waals surface area contributed by atoms with Crippen LogP contribution in [0.25, 0.3) is 11.0 Å². The summed E-state index contributed by atoms with van der Waals surface area (Å²) in [6.07, 6.45) is 0.221. The zero-order valence-corrected chi connectivity index (χ0v) is 20.4. The topological polar surface area (TPSA) is 92.5 Å². The van der Waals surface area contributed by atoms with Crippen molar-refractivity contribution in [2.45, 2.75) is 13.0 Å². The minimum Gasteiger partial charge on any atom is -0.497 e. The largest absolute Gasteiger partial charge is 0.497 e. The molecule has 0 aliphatic carbocycles. The summed E-state index contributed by atoms with van der Waals surface area (Å²) in [5, 5.41) is 0.843. The standard InChI is InChI=1S/C27H29N3O6/c1-34-21-5-3-20(4-6-21)30-17-19(13-25(30)31)27(33)29-11-9-28(10-12-29)16-18-14-26(32)36-24-8-7-22(35-2)15-23(18)24/h3-8,14-15,19H,9-13,16-17H2,1-2H3/t19-/m1/s1. The molecule has 1 aromatic heterocycles. The molecule has 0 radical (unpaired) electrons. The van der Waals surface area contributed by atoms with Gasteiger partial charge in [-0.15, -0.1) is 0 Å². The highest BCUT2D eigenvalue weighted by Crippen LogP contribution is 2.29. The molecule has 2 aromatic carbocycles. The molecule has 2 aliphatic heterocycles. The van der Waals surface area contributed by atoms with E-state index in [1.54, 1.807) is 31.3 Å². The molecule has 36 heavy (non-hydrogen) atoms. The number of anilines is 1. The van der Waals surface area contributed by atoms with E-state index in [1.807, 2.05) is 35.2 Å². The molecular formula is C27H29N3O6. The van der Waals surface area contributed by atoms with Crippen LogP contribution >= 0.6 is 0 Å². The molecule has 1 atom stereocenters. The van der Waals surface area contributed by atoms with E-state index < -0.39 is 0 Å². The number of benzene rings is 2. The third-order valence-corrected chi connectivity index (χ3v) is 6.97. The Morgan fingerprint density at radius 1 is 0.944 bits per heavy atom. The number of methoxy groups -OCH3 is 2. The summed E-state index contributed by atoms with van der Waals surface area (Å²) in [7, 11) is 3.20. The third-order valence-electron chi connectivity index (χ3n) is 6.97. The molecule has 188 valence electrons. The zero-order chi connectivity index (χ0) is 25.2. The first-order chi connectivity index (χ1) is 17.4. The van der Waals surface area contributed by atoms with E-state index in [1.165, 1.54) is 6.07 Å². The summed E-state index contributed by atoms with van der Waals surface area (Å²) < 4.78 is 15.9. The van der Waals surface area contributed by atoms with Crippen LogP contribution in [0.5, 0.6) is 11.5 Å². The highest BCUT2D eigenvalue weighted by Gasteiger charge is 2.38. The minimum atomic E-state index is -0.385. The van der Waals surface area contributed by atoms with Crippen molar-refractivity contribution in [2.75, 3.05) is 51.8 Å². The van der Waals surface area contributed by atoms with E-state index in [-0.39, 0.29) is 29.8 Å². The van der Waals surface area contributed by atoms with Crippen molar-refractivity contribution in [2.24, 2.45) is 5.92 Å². The second kappa shape index (κ2) is 10.0. The van der Waals surface area contributed by atoms with Crippen LogP contribution < -0.4 is 20.0 Å². The van der Waals surface area contributed by atoms with Crippen LogP contribution in [0.2, 0.25) is 0 Å². The number of hydrogen-bond acceptors (Lipinski definition) is 7. The predicted molar refractivity (Wildman–Crippen MR) is 134 cm³/mol. The quantitative estimate of drug-likeness (QED) is 0.489. The van der Waals surface area contributed by atoms with Gasteiger partial charge >= 0.3 is 5.63 Å². The molecule has 0 bridgehead atoms. The lowest BCUT2D eigenvalue weighted by atomic mass is 10.1. The highest BCUT2D eigenvalue weighted by molar-refractivity contribution is 6.00. The molecule has 9 nitrogen and oxygen atoms in total. The first-order valence-electron chi connectivity index (χ1n) is 12.0. The number of fused-ring (bicyclic) bond motifs is 1. The maximum absolute atomic E-state index is 13.2. The van der Waals surface area contributed by atoms with Crippen molar-refractivity contribution in [3.05, 3.63) is 64.5 Å². The van der Waals surface area contributed by atoms with Crippen LogP contribution in [0.3, 0.4) is 0 Å². The SMILES string of the molecule is COc1ccc(N2C[C@H](C(=O)N3CCN(Cc4cc(=O)oc5ccc(OC)cc45)CC3)CC2=O)cc1. The Hall–Kier alpha value is -3.85. The van der Waals surface area contributed by atoms with Crippen LogP contribution in [0, 0.1) is 5.92 Å². The average Bonchev–Trinajstić information content (AvgIpc) is 3.30. The minimum absolute atomic E-state index is 0.0227. The Bertz CT molecular complexity index is 1330. The molecule has 9 heteroatoms. The molecule has 0 N–H and O–H groups in total. The van der Waals surface area contributed by atoms with Gasteiger partial charge in [0.25, 0.3) is 0 Å². The number of piperazine rings is 1. The zero-order valence-electron chi connectivity index (χ0n) is 20.4. The lowest BCUT2D eigenvalue weighted by Gasteiger charge is -2.36. The second-order valence-electron chi connectivity index (χ2n) is 9.16. The van der Waals surface area contributed by atoms with E-state index in [2.05, 4.69) is 4.90 Å². The van der Waals surface area contributed by atoms with E-state index in [0.29, 0.717) is 50.6 Å². The van der Waals surface area contributed by atoms with Gasteiger partial charge in [-0.1, -0.05) is 0 Å². The summed E-state index contributed by atoms with van der Waals surface area (Å²) >= 11 is 0. The Kier molecular flexibility index (Phi) is 6.65.